The first-order chi connectivity index (χ1) is 11.2. The molecule has 9 heteroatoms. The highest BCUT2D eigenvalue weighted by Gasteiger charge is 2.27. The lowest BCUT2D eigenvalue weighted by Crippen LogP contribution is -2.40. The Balaban J connectivity index is 0.00000208. The molecule has 2 aromatic rings. The number of aliphatic hydroxyl groups is 1. The number of methoxy groups -OCH3 is 1. The lowest BCUT2D eigenvalue weighted by molar-refractivity contribution is -0.123. The molecular formula is C15H20ClN5O3. The number of amides is 1. The molecule has 0 saturated carbocycles. The molecule has 24 heavy (non-hydrogen) atoms. The van der Waals surface area contributed by atoms with E-state index in [1.165, 1.54) is 0 Å². The number of rotatable bonds is 5. The van der Waals surface area contributed by atoms with Crippen LogP contribution in [0.3, 0.4) is 0 Å². The van der Waals surface area contributed by atoms with Crippen LogP contribution >= 0.6 is 12.4 Å². The first kappa shape index (κ1) is 18.2. The molecule has 0 aliphatic carbocycles. The highest BCUT2D eigenvalue weighted by molar-refractivity contribution is 5.85. The number of nitrogens with zero attached hydrogens (tertiary/aromatic N) is 2. The first-order valence-electron chi connectivity index (χ1n) is 7.40. The van der Waals surface area contributed by atoms with Gasteiger partial charge < -0.3 is 20.5 Å². The molecule has 1 fully saturated rings. The smallest absolute Gasteiger partial charge is 0.237 e. The maximum Gasteiger partial charge on any atom is 0.237 e. The van der Waals surface area contributed by atoms with E-state index in [0.717, 1.165) is 11.3 Å². The van der Waals surface area contributed by atoms with E-state index in [-0.39, 0.29) is 30.9 Å². The van der Waals surface area contributed by atoms with E-state index in [9.17, 15) is 9.90 Å². The highest BCUT2D eigenvalue weighted by atomic mass is 35.5. The number of hydrogen-bond donors (Lipinski definition) is 4. The quantitative estimate of drug-likeness (QED) is 0.612. The summed E-state index contributed by atoms with van der Waals surface area (Å²) in [5.41, 5.74) is 0.861. The monoisotopic (exact) mass is 353 g/mol. The van der Waals surface area contributed by atoms with Crippen LogP contribution < -0.4 is 15.4 Å². The third kappa shape index (κ3) is 4.22. The van der Waals surface area contributed by atoms with Crippen LogP contribution in [0.25, 0.3) is 11.4 Å². The molecule has 4 N–H and O–H groups in total. The van der Waals surface area contributed by atoms with Gasteiger partial charge in [-0.3, -0.25) is 9.89 Å². The van der Waals surface area contributed by atoms with Crippen molar-refractivity contribution in [3.63, 3.8) is 0 Å². The van der Waals surface area contributed by atoms with Crippen LogP contribution in [0.2, 0.25) is 0 Å². The van der Waals surface area contributed by atoms with E-state index in [4.69, 9.17) is 4.74 Å². The van der Waals surface area contributed by atoms with E-state index in [2.05, 4.69) is 25.8 Å². The third-order valence-electron chi connectivity index (χ3n) is 3.73. The molecule has 1 saturated heterocycles. The maximum atomic E-state index is 12.0. The number of β-amino-alcohol motifs (C(OH)–C–C–N with tert-alkyl or cyclic N) is 1. The molecule has 1 aliphatic rings. The summed E-state index contributed by atoms with van der Waals surface area (Å²) < 4.78 is 5.11. The summed E-state index contributed by atoms with van der Waals surface area (Å²) in [5, 5.41) is 22.1. The molecule has 0 radical (unpaired) electrons. The van der Waals surface area contributed by atoms with Gasteiger partial charge in [0.2, 0.25) is 5.91 Å². The summed E-state index contributed by atoms with van der Waals surface area (Å²) in [5.74, 6) is 1.75. The third-order valence-corrected chi connectivity index (χ3v) is 3.73. The summed E-state index contributed by atoms with van der Waals surface area (Å²) in [6.45, 7) is 0.707. The van der Waals surface area contributed by atoms with Crippen molar-refractivity contribution in [3.8, 4) is 17.1 Å². The zero-order chi connectivity index (χ0) is 16.2. The van der Waals surface area contributed by atoms with E-state index >= 15 is 0 Å². The van der Waals surface area contributed by atoms with Gasteiger partial charge in [0.15, 0.2) is 5.82 Å². The first-order valence-corrected chi connectivity index (χ1v) is 7.40. The van der Waals surface area contributed by atoms with Gasteiger partial charge >= 0.3 is 0 Å². The Morgan fingerprint density at radius 3 is 2.79 bits per heavy atom. The Labute approximate surface area is 145 Å². The van der Waals surface area contributed by atoms with E-state index in [0.29, 0.717) is 24.6 Å². The molecule has 1 aromatic heterocycles. The highest BCUT2D eigenvalue weighted by Crippen LogP contribution is 2.18. The van der Waals surface area contributed by atoms with Gasteiger partial charge in [0.1, 0.15) is 11.6 Å². The van der Waals surface area contributed by atoms with Crippen LogP contribution in [0.4, 0.5) is 0 Å². The number of aromatic nitrogens is 3. The molecule has 0 bridgehead atoms. The molecule has 1 aliphatic heterocycles. The fourth-order valence-electron chi connectivity index (χ4n) is 2.45. The van der Waals surface area contributed by atoms with Crippen molar-refractivity contribution in [1.29, 1.82) is 0 Å². The number of carbonyl (C=O) groups is 1. The van der Waals surface area contributed by atoms with Crippen molar-refractivity contribution in [2.45, 2.75) is 25.1 Å². The molecule has 0 spiro atoms. The zero-order valence-electron chi connectivity index (χ0n) is 13.2. The number of benzene rings is 1. The summed E-state index contributed by atoms with van der Waals surface area (Å²) in [6.07, 6.45) is -0.0306. The van der Waals surface area contributed by atoms with Crippen molar-refractivity contribution in [3.05, 3.63) is 30.1 Å². The molecule has 1 amide bonds. The predicted molar refractivity (Wildman–Crippen MR) is 89.9 cm³/mol. The molecule has 3 rings (SSSR count). The van der Waals surface area contributed by atoms with Gasteiger partial charge in [-0.1, -0.05) is 0 Å². The van der Waals surface area contributed by atoms with Crippen molar-refractivity contribution >= 4 is 18.3 Å². The lowest BCUT2D eigenvalue weighted by atomic mass is 10.2. The zero-order valence-corrected chi connectivity index (χ0v) is 14.0. The van der Waals surface area contributed by atoms with Gasteiger partial charge in [-0.15, -0.1) is 12.4 Å². The van der Waals surface area contributed by atoms with Gasteiger partial charge in [0.05, 0.1) is 25.8 Å². The predicted octanol–water partition coefficient (Wildman–Crippen LogP) is 0.241. The minimum atomic E-state index is -0.460. The minimum absolute atomic E-state index is 0. The van der Waals surface area contributed by atoms with Gasteiger partial charge in [-0.05, 0) is 30.7 Å². The lowest BCUT2D eigenvalue weighted by Gasteiger charge is -2.09. The van der Waals surface area contributed by atoms with E-state index in [1.807, 2.05) is 24.3 Å². The van der Waals surface area contributed by atoms with Crippen LogP contribution in [-0.4, -0.2) is 52.0 Å². The topological polar surface area (TPSA) is 112 Å². The fraction of sp³-hybridized carbons (Fsp3) is 0.400. The fourth-order valence-corrected chi connectivity index (χ4v) is 2.45. The SMILES string of the molecule is COc1ccc(-c2n[nH]c(CNC(=O)C3CC(O)CN3)n2)cc1.Cl. The number of halogens is 1. The van der Waals surface area contributed by atoms with Crippen LogP contribution in [0, 0.1) is 0 Å². The Morgan fingerprint density at radius 1 is 1.42 bits per heavy atom. The number of aromatic amines is 1. The molecule has 2 heterocycles. The molecule has 130 valence electrons. The standard InChI is InChI=1S/C15H19N5O3.ClH/c1-23-11-4-2-9(3-5-11)14-18-13(19-20-14)8-17-15(22)12-6-10(21)7-16-12;/h2-5,10,12,16,21H,6-8H2,1H3,(H,17,22)(H,18,19,20);1H. The Kier molecular flexibility index (Phi) is 6.13. The Morgan fingerprint density at radius 2 is 2.17 bits per heavy atom. The summed E-state index contributed by atoms with van der Waals surface area (Å²) >= 11 is 0. The van der Waals surface area contributed by atoms with Crippen molar-refractivity contribution < 1.29 is 14.6 Å². The van der Waals surface area contributed by atoms with Crippen molar-refractivity contribution in [2.24, 2.45) is 0 Å². The number of aliphatic hydroxyl groups excluding tert-OH is 1. The van der Waals surface area contributed by atoms with Crippen LogP contribution in [0.15, 0.2) is 24.3 Å². The number of carbonyl (C=O) groups excluding carboxylic acids is 1. The number of nitrogens with one attached hydrogen (secondary N) is 3. The van der Waals surface area contributed by atoms with E-state index in [1.54, 1.807) is 7.11 Å². The maximum absolute atomic E-state index is 12.0. The molecular weight excluding hydrogens is 334 g/mol. The molecule has 2 atom stereocenters. The second-order valence-corrected chi connectivity index (χ2v) is 5.40. The van der Waals surface area contributed by atoms with Gasteiger partial charge in [-0.25, -0.2) is 4.98 Å². The second-order valence-electron chi connectivity index (χ2n) is 5.40. The number of H-pyrrole nitrogens is 1. The molecule has 1 aromatic carbocycles. The van der Waals surface area contributed by atoms with Crippen molar-refractivity contribution in [1.82, 2.24) is 25.8 Å². The van der Waals surface area contributed by atoms with Crippen LogP contribution in [0.5, 0.6) is 5.75 Å². The Hall–Kier alpha value is -2.16. The Bertz CT molecular complexity index is 676. The van der Waals surface area contributed by atoms with Gasteiger partial charge in [0, 0.05) is 12.1 Å². The summed E-state index contributed by atoms with van der Waals surface area (Å²) in [4.78, 5) is 16.3. The normalized spacial score (nSPS) is 19.6. The summed E-state index contributed by atoms with van der Waals surface area (Å²) in [7, 11) is 1.61. The number of ether oxygens (including phenoxy) is 1. The van der Waals surface area contributed by atoms with Crippen LogP contribution in [0.1, 0.15) is 12.2 Å². The largest absolute Gasteiger partial charge is 0.497 e. The van der Waals surface area contributed by atoms with Gasteiger partial charge in [0.25, 0.3) is 0 Å². The van der Waals surface area contributed by atoms with Crippen LogP contribution in [-0.2, 0) is 11.3 Å². The second kappa shape index (κ2) is 8.09. The summed E-state index contributed by atoms with van der Waals surface area (Å²) in [6, 6.07) is 7.06. The average Bonchev–Trinajstić information content (AvgIpc) is 3.22. The molecule has 8 nitrogen and oxygen atoms in total. The number of hydrogen-bond acceptors (Lipinski definition) is 6. The van der Waals surface area contributed by atoms with Gasteiger partial charge in [-0.2, -0.15) is 5.10 Å². The average molecular weight is 354 g/mol. The molecule has 2 unspecified atom stereocenters. The minimum Gasteiger partial charge on any atom is -0.497 e. The van der Waals surface area contributed by atoms with Crippen molar-refractivity contribution in [2.75, 3.05) is 13.7 Å². The van der Waals surface area contributed by atoms with E-state index < -0.39 is 6.10 Å².